The largest absolute Gasteiger partial charge is 0.406 e. The van der Waals surface area contributed by atoms with Gasteiger partial charge in [0, 0.05) is 0 Å². The summed E-state index contributed by atoms with van der Waals surface area (Å²) in [5.74, 6) is -2.77. The van der Waals surface area contributed by atoms with Gasteiger partial charge in [-0.15, -0.1) is 12.4 Å². The van der Waals surface area contributed by atoms with E-state index in [0.29, 0.717) is 12.8 Å². The number of rotatable bonds is 4. The van der Waals surface area contributed by atoms with Gasteiger partial charge in [-0.1, -0.05) is 33.0 Å². The lowest BCUT2D eigenvalue weighted by Crippen LogP contribution is -2.33. The highest BCUT2D eigenvalue weighted by atomic mass is 35.5. The number of benzene rings is 1. The van der Waals surface area contributed by atoms with Crippen molar-refractivity contribution in [2.75, 3.05) is 4.98 Å². The molecule has 0 aliphatic carbocycles. The summed E-state index contributed by atoms with van der Waals surface area (Å²) in [6.45, 7) is 7.56. The molecule has 1 N–H and O–H groups in total. The molecule has 0 amide bonds. The van der Waals surface area contributed by atoms with Gasteiger partial charge >= 0.3 is 0 Å². The molecule has 1 rings (SSSR count). The maximum absolute atomic E-state index is 14.0. The fourth-order valence-electron chi connectivity index (χ4n) is 1.59. The second-order valence-corrected chi connectivity index (χ2v) is 9.90. The Kier molecular flexibility index (Phi) is 6.23. The van der Waals surface area contributed by atoms with Gasteiger partial charge in [0.2, 0.25) is 0 Å². The van der Waals surface area contributed by atoms with Crippen molar-refractivity contribution in [3.63, 3.8) is 0 Å². The average molecular weight is 298 g/mol. The predicted molar refractivity (Wildman–Crippen MR) is 74.5 cm³/mol. The molecule has 104 valence electrons. The Bertz CT molecular complexity index is 419. The Balaban J connectivity index is 0.00000289. The highest BCUT2D eigenvalue weighted by Crippen LogP contribution is 2.27. The SMILES string of the molecule is CCCc1cc(F)c(F)c(N[Si](C)(C)C)c1F.Cl. The molecule has 0 heterocycles. The molecule has 1 nitrogen and oxygen atoms in total. The van der Waals surface area contributed by atoms with E-state index >= 15 is 0 Å². The van der Waals surface area contributed by atoms with Crippen molar-refractivity contribution in [1.29, 1.82) is 0 Å². The van der Waals surface area contributed by atoms with E-state index in [0.717, 1.165) is 6.07 Å². The molecule has 0 unspecified atom stereocenters. The molecule has 0 aliphatic rings. The molecular formula is C12H19ClF3NSi. The second kappa shape index (κ2) is 6.47. The van der Waals surface area contributed by atoms with Crippen LogP contribution in [0.3, 0.4) is 0 Å². The molecular weight excluding hydrogens is 279 g/mol. The van der Waals surface area contributed by atoms with E-state index in [1.165, 1.54) is 0 Å². The van der Waals surface area contributed by atoms with Crippen LogP contribution in [-0.2, 0) is 6.42 Å². The molecule has 0 saturated heterocycles. The maximum Gasteiger partial charge on any atom is 0.184 e. The van der Waals surface area contributed by atoms with Crippen molar-refractivity contribution in [2.45, 2.75) is 39.4 Å². The summed E-state index contributed by atoms with van der Waals surface area (Å²) in [6.07, 6.45) is 1.10. The third-order valence-electron chi connectivity index (χ3n) is 2.25. The van der Waals surface area contributed by atoms with Crippen LogP contribution in [0.5, 0.6) is 0 Å². The number of nitrogens with one attached hydrogen (secondary N) is 1. The smallest absolute Gasteiger partial charge is 0.184 e. The van der Waals surface area contributed by atoms with Crippen LogP contribution in [0.25, 0.3) is 0 Å². The molecule has 0 atom stereocenters. The summed E-state index contributed by atoms with van der Waals surface area (Å²) < 4.78 is 40.9. The second-order valence-electron chi connectivity index (χ2n) is 5.15. The first kappa shape index (κ1) is 17.3. The lowest BCUT2D eigenvalue weighted by Gasteiger charge is -2.21. The molecule has 0 spiro atoms. The molecule has 0 radical (unpaired) electrons. The molecule has 0 bridgehead atoms. The first-order valence-electron chi connectivity index (χ1n) is 5.70. The van der Waals surface area contributed by atoms with Crippen molar-refractivity contribution in [3.8, 4) is 0 Å². The van der Waals surface area contributed by atoms with Gasteiger partial charge in [0.05, 0.1) is 0 Å². The fourth-order valence-corrected chi connectivity index (χ4v) is 2.56. The van der Waals surface area contributed by atoms with Crippen molar-refractivity contribution in [1.82, 2.24) is 0 Å². The molecule has 18 heavy (non-hydrogen) atoms. The van der Waals surface area contributed by atoms with Crippen molar-refractivity contribution >= 4 is 26.3 Å². The Morgan fingerprint density at radius 3 is 2.11 bits per heavy atom. The molecule has 1 aromatic carbocycles. The van der Waals surface area contributed by atoms with E-state index in [-0.39, 0.29) is 23.7 Å². The predicted octanol–water partition coefficient (Wildman–Crippen LogP) is 4.73. The van der Waals surface area contributed by atoms with Crippen molar-refractivity contribution < 1.29 is 13.2 Å². The van der Waals surface area contributed by atoms with E-state index in [1.807, 2.05) is 26.6 Å². The van der Waals surface area contributed by atoms with E-state index in [2.05, 4.69) is 4.98 Å². The minimum atomic E-state index is -1.93. The first-order valence-corrected chi connectivity index (χ1v) is 9.20. The first-order chi connectivity index (χ1) is 7.76. The zero-order valence-corrected chi connectivity index (χ0v) is 12.9. The van der Waals surface area contributed by atoms with Crippen molar-refractivity contribution in [3.05, 3.63) is 29.1 Å². The van der Waals surface area contributed by atoms with Crippen LogP contribution in [-0.4, -0.2) is 8.24 Å². The van der Waals surface area contributed by atoms with Crippen molar-refractivity contribution in [2.24, 2.45) is 0 Å². The van der Waals surface area contributed by atoms with Gasteiger partial charge < -0.3 is 4.98 Å². The summed E-state index contributed by atoms with van der Waals surface area (Å²) in [5, 5.41) is 0. The van der Waals surface area contributed by atoms with E-state index in [4.69, 9.17) is 0 Å². The Morgan fingerprint density at radius 2 is 1.67 bits per heavy atom. The third kappa shape index (κ3) is 4.21. The minimum Gasteiger partial charge on any atom is -0.406 e. The minimum absolute atomic E-state index is 0. The zero-order chi connectivity index (χ0) is 13.2. The third-order valence-corrected chi connectivity index (χ3v) is 3.25. The van der Waals surface area contributed by atoms with Gasteiger partial charge in [-0.05, 0) is 18.1 Å². The van der Waals surface area contributed by atoms with E-state index < -0.39 is 25.7 Å². The van der Waals surface area contributed by atoms with E-state index in [9.17, 15) is 13.2 Å². The van der Waals surface area contributed by atoms with Crippen LogP contribution in [0.1, 0.15) is 18.9 Å². The van der Waals surface area contributed by atoms with Gasteiger partial charge in [0.15, 0.2) is 17.5 Å². The monoisotopic (exact) mass is 297 g/mol. The Morgan fingerprint density at radius 1 is 1.11 bits per heavy atom. The molecule has 0 saturated carbocycles. The number of hydrogen-bond acceptors (Lipinski definition) is 1. The topological polar surface area (TPSA) is 12.0 Å². The lowest BCUT2D eigenvalue weighted by molar-refractivity contribution is 0.495. The van der Waals surface area contributed by atoms with Crippen LogP contribution in [0.4, 0.5) is 18.9 Å². The quantitative estimate of drug-likeness (QED) is 0.626. The summed E-state index contributed by atoms with van der Waals surface area (Å²) in [7, 11) is -1.93. The maximum atomic E-state index is 14.0. The number of anilines is 1. The summed E-state index contributed by atoms with van der Waals surface area (Å²) in [4.78, 5) is 2.81. The molecule has 6 heteroatoms. The van der Waals surface area contributed by atoms with Gasteiger partial charge in [-0.2, -0.15) is 0 Å². The summed E-state index contributed by atoms with van der Waals surface area (Å²) in [5.41, 5.74) is -0.0835. The average Bonchev–Trinajstić information content (AvgIpc) is 2.20. The van der Waals surface area contributed by atoms with E-state index in [1.54, 1.807) is 0 Å². The molecule has 0 aromatic heterocycles. The molecule has 0 aliphatic heterocycles. The Labute approximate surface area is 113 Å². The van der Waals surface area contributed by atoms with Crippen LogP contribution >= 0.6 is 12.4 Å². The van der Waals surface area contributed by atoms with Crippen LogP contribution in [0.15, 0.2) is 6.07 Å². The molecule has 1 aromatic rings. The fraction of sp³-hybridized carbons (Fsp3) is 0.500. The van der Waals surface area contributed by atoms with Gasteiger partial charge in [-0.25, -0.2) is 13.2 Å². The Hall–Kier alpha value is -0.683. The highest BCUT2D eigenvalue weighted by Gasteiger charge is 2.23. The summed E-state index contributed by atoms with van der Waals surface area (Å²) in [6, 6.07) is 0.948. The van der Waals surface area contributed by atoms with Gasteiger partial charge in [-0.3, -0.25) is 0 Å². The zero-order valence-electron chi connectivity index (χ0n) is 11.0. The standard InChI is InChI=1S/C12H18F3NSi.ClH/c1-5-6-8-7-9(13)11(15)12(10(8)14)16-17(2,3)4;/h7,16H,5-6H2,1-4H3;1H. The number of aryl methyl sites for hydroxylation is 1. The highest BCUT2D eigenvalue weighted by molar-refractivity contribution is 6.79. The summed E-state index contributed by atoms with van der Waals surface area (Å²) >= 11 is 0. The van der Waals surface area contributed by atoms with Gasteiger partial charge in [0.25, 0.3) is 0 Å². The van der Waals surface area contributed by atoms with Crippen LogP contribution < -0.4 is 4.98 Å². The van der Waals surface area contributed by atoms with Crippen LogP contribution in [0.2, 0.25) is 19.6 Å². The number of hydrogen-bond donors (Lipinski definition) is 1. The normalized spacial score (nSPS) is 11.1. The lowest BCUT2D eigenvalue weighted by atomic mass is 10.1. The molecule has 0 fully saturated rings. The van der Waals surface area contributed by atoms with Crippen LogP contribution in [0, 0.1) is 17.5 Å². The van der Waals surface area contributed by atoms with Gasteiger partial charge in [0.1, 0.15) is 13.9 Å². The number of halogens is 4.